The van der Waals surface area contributed by atoms with Gasteiger partial charge in [-0.2, -0.15) is 0 Å². The average molecular weight is 333 g/mol. The largest absolute Gasteiger partial charge is 0.459 e. The number of benzene rings is 1. The molecule has 1 aliphatic rings. The second-order valence-electron chi connectivity index (χ2n) is 5.10. The summed E-state index contributed by atoms with van der Waals surface area (Å²) in [6, 6.07) is 2.88. The molecule has 1 fully saturated rings. The number of halogens is 1. The third kappa shape index (κ3) is 3.96. The number of hydrogen-bond donors (Lipinski definition) is 0. The fraction of sp³-hybridized carbons (Fsp3) is 0.500. The SMILES string of the molecule is Cc1cc(C)c(S(=O)(=O)Cl)cc1C(=O)OCC1CCCO1. The van der Waals surface area contributed by atoms with Gasteiger partial charge in [0.05, 0.1) is 16.6 Å². The van der Waals surface area contributed by atoms with E-state index in [9.17, 15) is 13.2 Å². The first-order chi connectivity index (χ1) is 9.79. The van der Waals surface area contributed by atoms with Gasteiger partial charge in [0.15, 0.2) is 0 Å². The number of aryl methyl sites for hydroxylation is 2. The van der Waals surface area contributed by atoms with Crippen LogP contribution in [0.4, 0.5) is 0 Å². The molecule has 1 unspecified atom stereocenters. The van der Waals surface area contributed by atoms with E-state index in [2.05, 4.69) is 0 Å². The monoisotopic (exact) mass is 332 g/mol. The molecule has 5 nitrogen and oxygen atoms in total. The Bertz CT molecular complexity index is 648. The highest BCUT2D eigenvalue weighted by Crippen LogP contribution is 2.24. The first-order valence-electron chi connectivity index (χ1n) is 6.63. The lowest BCUT2D eigenvalue weighted by Crippen LogP contribution is -2.18. The van der Waals surface area contributed by atoms with E-state index in [0.717, 1.165) is 12.8 Å². The Kier molecular flexibility index (Phi) is 4.91. The predicted octanol–water partition coefficient (Wildman–Crippen LogP) is 2.57. The molecule has 1 aliphatic heterocycles. The number of ether oxygens (including phenoxy) is 2. The van der Waals surface area contributed by atoms with Gasteiger partial charge in [-0.1, -0.05) is 6.07 Å². The molecule has 0 bridgehead atoms. The van der Waals surface area contributed by atoms with Crippen LogP contribution in [-0.2, 0) is 18.5 Å². The van der Waals surface area contributed by atoms with Gasteiger partial charge in [-0.25, -0.2) is 13.2 Å². The van der Waals surface area contributed by atoms with Crippen LogP contribution in [0.15, 0.2) is 17.0 Å². The Morgan fingerprint density at radius 3 is 2.67 bits per heavy atom. The van der Waals surface area contributed by atoms with Crippen molar-refractivity contribution in [3.63, 3.8) is 0 Å². The van der Waals surface area contributed by atoms with E-state index in [0.29, 0.717) is 17.7 Å². The van der Waals surface area contributed by atoms with Crippen LogP contribution in [0.3, 0.4) is 0 Å². The normalized spacial score (nSPS) is 18.7. The molecular formula is C14H17ClO5S. The third-order valence-electron chi connectivity index (χ3n) is 3.43. The molecule has 0 radical (unpaired) electrons. The molecule has 1 saturated heterocycles. The molecule has 0 spiro atoms. The lowest BCUT2D eigenvalue weighted by molar-refractivity contribution is 0.0160. The summed E-state index contributed by atoms with van der Waals surface area (Å²) < 4.78 is 33.6. The number of carbonyl (C=O) groups excluding carboxylic acids is 1. The van der Waals surface area contributed by atoms with Crippen molar-refractivity contribution in [3.05, 3.63) is 28.8 Å². The zero-order chi connectivity index (χ0) is 15.6. The van der Waals surface area contributed by atoms with E-state index >= 15 is 0 Å². The summed E-state index contributed by atoms with van der Waals surface area (Å²) in [6.07, 6.45) is 1.75. The molecule has 0 saturated carbocycles. The fourth-order valence-electron chi connectivity index (χ4n) is 2.34. The zero-order valence-corrected chi connectivity index (χ0v) is 13.5. The van der Waals surface area contributed by atoms with Crippen molar-refractivity contribution in [2.45, 2.75) is 37.7 Å². The molecule has 116 valence electrons. The highest BCUT2D eigenvalue weighted by molar-refractivity contribution is 8.13. The van der Waals surface area contributed by atoms with Crippen molar-refractivity contribution in [3.8, 4) is 0 Å². The molecule has 0 amide bonds. The van der Waals surface area contributed by atoms with Crippen LogP contribution in [0.25, 0.3) is 0 Å². The summed E-state index contributed by atoms with van der Waals surface area (Å²) in [7, 11) is 1.48. The molecule has 2 rings (SSSR count). The first kappa shape index (κ1) is 16.3. The highest BCUT2D eigenvalue weighted by Gasteiger charge is 2.22. The Morgan fingerprint density at radius 1 is 1.38 bits per heavy atom. The van der Waals surface area contributed by atoms with Crippen LogP contribution in [0.5, 0.6) is 0 Å². The van der Waals surface area contributed by atoms with Crippen molar-refractivity contribution in [2.24, 2.45) is 0 Å². The Morgan fingerprint density at radius 2 is 2.10 bits per heavy atom. The third-order valence-corrected chi connectivity index (χ3v) is 4.89. The van der Waals surface area contributed by atoms with Crippen molar-refractivity contribution < 1.29 is 22.7 Å². The van der Waals surface area contributed by atoms with Gasteiger partial charge in [-0.15, -0.1) is 0 Å². The van der Waals surface area contributed by atoms with Gasteiger partial charge in [-0.05, 0) is 43.9 Å². The predicted molar refractivity (Wildman–Crippen MR) is 78.2 cm³/mol. The topological polar surface area (TPSA) is 69.7 Å². The summed E-state index contributed by atoms with van der Waals surface area (Å²) >= 11 is 0. The van der Waals surface area contributed by atoms with Gasteiger partial charge in [-0.3, -0.25) is 0 Å². The minimum atomic E-state index is -3.90. The van der Waals surface area contributed by atoms with Gasteiger partial charge >= 0.3 is 5.97 Å². The van der Waals surface area contributed by atoms with Crippen LogP contribution in [0.2, 0.25) is 0 Å². The van der Waals surface area contributed by atoms with E-state index in [4.69, 9.17) is 20.2 Å². The molecule has 1 aromatic rings. The van der Waals surface area contributed by atoms with E-state index in [-0.39, 0.29) is 23.2 Å². The maximum absolute atomic E-state index is 12.1. The fourth-order valence-corrected chi connectivity index (χ4v) is 3.54. The lowest BCUT2D eigenvalue weighted by Gasteiger charge is -2.13. The van der Waals surface area contributed by atoms with Crippen LogP contribution < -0.4 is 0 Å². The summed E-state index contributed by atoms with van der Waals surface area (Å²) in [5, 5.41) is 0. The molecule has 1 atom stereocenters. The Labute approximate surface area is 128 Å². The van der Waals surface area contributed by atoms with Crippen molar-refractivity contribution in [1.82, 2.24) is 0 Å². The summed E-state index contributed by atoms with van der Waals surface area (Å²) in [5.41, 5.74) is 1.35. The number of carbonyl (C=O) groups is 1. The smallest absolute Gasteiger partial charge is 0.338 e. The van der Waals surface area contributed by atoms with Gasteiger partial charge in [0.1, 0.15) is 6.61 Å². The minimum Gasteiger partial charge on any atom is -0.459 e. The maximum atomic E-state index is 12.1. The molecule has 0 aromatic heterocycles. The second-order valence-corrected chi connectivity index (χ2v) is 7.64. The minimum absolute atomic E-state index is 0.0705. The van der Waals surface area contributed by atoms with Gasteiger partial charge in [0.25, 0.3) is 9.05 Å². The zero-order valence-electron chi connectivity index (χ0n) is 11.9. The van der Waals surface area contributed by atoms with E-state index in [1.165, 1.54) is 6.07 Å². The van der Waals surface area contributed by atoms with E-state index < -0.39 is 15.0 Å². The molecule has 0 aliphatic carbocycles. The first-order valence-corrected chi connectivity index (χ1v) is 8.94. The van der Waals surface area contributed by atoms with Crippen LogP contribution in [0, 0.1) is 13.8 Å². The summed E-state index contributed by atoms with van der Waals surface area (Å²) in [5.74, 6) is -0.565. The van der Waals surface area contributed by atoms with E-state index in [1.807, 2.05) is 0 Å². The molecule has 21 heavy (non-hydrogen) atoms. The highest BCUT2D eigenvalue weighted by atomic mass is 35.7. The maximum Gasteiger partial charge on any atom is 0.338 e. The summed E-state index contributed by atoms with van der Waals surface area (Å²) in [6.45, 7) is 4.21. The molecule has 0 N–H and O–H groups in total. The second kappa shape index (κ2) is 6.34. The average Bonchev–Trinajstić information content (AvgIpc) is 2.87. The van der Waals surface area contributed by atoms with Crippen molar-refractivity contribution in [2.75, 3.05) is 13.2 Å². The van der Waals surface area contributed by atoms with Crippen LogP contribution >= 0.6 is 10.7 Å². The van der Waals surface area contributed by atoms with Gasteiger partial charge in [0.2, 0.25) is 0 Å². The van der Waals surface area contributed by atoms with Gasteiger partial charge in [0, 0.05) is 17.3 Å². The Hall–Kier alpha value is -1.11. The van der Waals surface area contributed by atoms with Crippen molar-refractivity contribution in [1.29, 1.82) is 0 Å². The quantitative estimate of drug-likeness (QED) is 0.626. The lowest BCUT2D eigenvalue weighted by atomic mass is 10.1. The Balaban J connectivity index is 2.20. The van der Waals surface area contributed by atoms with Crippen molar-refractivity contribution >= 4 is 25.7 Å². The van der Waals surface area contributed by atoms with E-state index in [1.54, 1.807) is 19.9 Å². The molecular weight excluding hydrogens is 316 g/mol. The number of hydrogen-bond acceptors (Lipinski definition) is 5. The standard InChI is InChI=1S/C14H17ClO5S/c1-9-6-10(2)13(21(15,17)18)7-12(9)14(16)20-8-11-4-3-5-19-11/h6-7,11H,3-5,8H2,1-2H3. The summed E-state index contributed by atoms with van der Waals surface area (Å²) in [4.78, 5) is 12.0. The molecule has 1 heterocycles. The number of rotatable bonds is 4. The molecule has 1 aromatic carbocycles. The number of esters is 1. The van der Waals surface area contributed by atoms with Crippen LogP contribution in [0.1, 0.15) is 34.3 Å². The van der Waals surface area contributed by atoms with Crippen LogP contribution in [-0.4, -0.2) is 33.7 Å². The van der Waals surface area contributed by atoms with Gasteiger partial charge < -0.3 is 9.47 Å². The molecule has 7 heteroatoms.